The monoisotopic (exact) mass is 436 g/mol. The molecule has 0 aromatic heterocycles. The average molecular weight is 437 g/mol. The molecule has 1 amide bonds. The molecular weight excluding hydrogens is 408 g/mol. The summed E-state index contributed by atoms with van der Waals surface area (Å²) in [7, 11) is -2.10. The van der Waals surface area contributed by atoms with E-state index in [1.165, 1.54) is 9.87 Å². The fraction of sp³-hybridized carbons (Fsp3) is 0.381. The molecule has 2 aromatic carbocycles. The van der Waals surface area contributed by atoms with Gasteiger partial charge in [0.25, 0.3) is 0 Å². The van der Waals surface area contributed by atoms with Gasteiger partial charge >= 0.3 is 0 Å². The van der Waals surface area contributed by atoms with Crippen molar-refractivity contribution in [1.29, 1.82) is 0 Å². The highest BCUT2D eigenvalue weighted by Crippen LogP contribution is 2.25. The van der Waals surface area contributed by atoms with Crippen LogP contribution in [0.15, 0.2) is 54.6 Å². The van der Waals surface area contributed by atoms with E-state index in [0.29, 0.717) is 24.4 Å². The number of rotatable bonds is 11. The second-order valence-corrected chi connectivity index (χ2v) is 9.47. The molecule has 0 aliphatic heterocycles. The van der Waals surface area contributed by atoms with Crippen molar-refractivity contribution < 1.29 is 17.9 Å². The number of hydrogen-bond donors (Lipinski definition) is 1. The highest BCUT2D eigenvalue weighted by Gasteiger charge is 2.31. The Morgan fingerprint density at radius 1 is 1.14 bits per heavy atom. The Labute approximate surface area is 177 Å². The van der Waals surface area contributed by atoms with Gasteiger partial charge in [0, 0.05) is 18.1 Å². The van der Waals surface area contributed by atoms with Gasteiger partial charge in [0.1, 0.15) is 11.8 Å². The first kappa shape index (κ1) is 23.1. The number of methoxy groups -OCH3 is 1. The van der Waals surface area contributed by atoms with Crippen LogP contribution in [-0.4, -0.2) is 46.0 Å². The van der Waals surface area contributed by atoms with Gasteiger partial charge in [-0.05, 0) is 36.2 Å². The molecule has 0 spiro atoms. The molecule has 158 valence electrons. The Hall–Kier alpha value is -2.19. The van der Waals surface area contributed by atoms with Gasteiger partial charge in [-0.1, -0.05) is 37.3 Å². The summed E-state index contributed by atoms with van der Waals surface area (Å²) >= 11 is 1.72. The molecule has 29 heavy (non-hydrogen) atoms. The maximum absolute atomic E-state index is 12.7. The first-order valence-electron chi connectivity index (χ1n) is 9.39. The minimum Gasteiger partial charge on any atom is -0.497 e. The maximum atomic E-state index is 12.7. The molecule has 0 heterocycles. The van der Waals surface area contributed by atoms with Gasteiger partial charge in [0.05, 0.1) is 19.1 Å². The summed E-state index contributed by atoms with van der Waals surface area (Å²) < 4.78 is 31.2. The maximum Gasteiger partial charge on any atom is 0.243 e. The minimum atomic E-state index is -3.64. The molecular formula is C21H28N2O4S2. The lowest BCUT2D eigenvalue weighted by Gasteiger charge is -2.30. The molecule has 2 rings (SSSR count). The van der Waals surface area contributed by atoms with Crippen LogP contribution in [0.25, 0.3) is 0 Å². The summed E-state index contributed by atoms with van der Waals surface area (Å²) in [4.78, 5) is 12.7. The van der Waals surface area contributed by atoms with Gasteiger partial charge in [0.2, 0.25) is 15.9 Å². The molecule has 2 aromatic rings. The van der Waals surface area contributed by atoms with Gasteiger partial charge in [-0.3, -0.25) is 9.10 Å². The van der Waals surface area contributed by atoms with E-state index in [1.54, 1.807) is 50.1 Å². The number of ether oxygens (including phenoxy) is 1. The molecule has 8 heteroatoms. The lowest BCUT2D eigenvalue weighted by atomic mass is 10.2. The van der Waals surface area contributed by atoms with Gasteiger partial charge in [-0.15, -0.1) is 0 Å². The van der Waals surface area contributed by atoms with E-state index in [0.717, 1.165) is 17.8 Å². The third kappa shape index (κ3) is 6.97. The van der Waals surface area contributed by atoms with Crippen LogP contribution in [0, 0.1) is 0 Å². The molecule has 1 N–H and O–H groups in total. The quantitative estimate of drug-likeness (QED) is 0.547. The van der Waals surface area contributed by atoms with Crippen molar-refractivity contribution in [3.8, 4) is 5.75 Å². The number of hydrogen-bond acceptors (Lipinski definition) is 5. The summed E-state index contributed by atoms with van der Waals surface area (Å²) in [6, 6.07) is 16.0. The van der Waals surface area contributed by atoms with E-state index in [-0.39, 0.29) is 5.91 Å². The van der Waals surface area contributed by atoms with Crippen LogP contribution < -0.4 is 14.4 Å². The minimum absolute atomic E-state index is 0.297. The van der Waals surface area contributed by atoms with E-state index in [4.69, 9.17) is 4.74 Å². The van der Waals surface area contributed by atoms with Crippen LogP contribution >= 0.6 is 11.8 Å². The summed E-state index contributed by atoms with van der Waals surface area (Å²) in [6.07, 6.45) is 1.48. The number of nitrogens with one attached hydrogen (secondary N) is 1. The number of sulfonamides is 1. The molecule has 0 aliphatic carbocycles. The van der Waals surface area contributed by atoms with Gasteiger partial charge in [-0.25, -0.2) is 8.42 Å². The predicted molar refractivity (Wildman–Crippen MR) is 120 cm³/mol. The van der Waals surface area contributed by atoms with Crippen LogP contribution in [0.1, 0.15) is 18.9 Å². The Morgan fingerprint density at radius 3 is 2.34 bits per heavy atom. The number of thioether (sulfide) groups is 1. The number of anilines is 1. The SMILES string of the molecule is CCC(C(=O)NCCSCc1ccccc1)N(c1ccc(OC)cc1)S(C)(=O)=O. The number of benzene rings is 2. The summed E-state index contributed by atoms with van der Waals surface area (Å²) in [5.41, 5.74) is 1.67. The predicted octanol–water partition coefficient (Wildman–Crippen LogP) is 3.29. The van der Waals surface area contributed by atoms with Crippen LogP contribution in [0.2, 0.25) is 0 Å². The third-order valence-corrected chi connectivity index (χ3v) is 6.52. The highest BCUT2D eigenvalue weighted by molar-refractivity contribution is 7.98. The lowest BCUT2D eigenvalue weighted by molar-refractivity contribution is -0.122. The second kappa shape index (κ2) is 11.1. The number of nitrogens with zero attached hydrogens (tertiary/aromatic N) is 1. The first-order chi connectivity index (χ1) is 13.9. The number of amides is 1. The number of carbonyl (C=O) groups excluding carboxylic acids is 1. The first-order valence-corrected chi connectivity index (χ1v) is 12.4. The fourth-order valence-electron chi connectivity index (χ4n) is 2.92. The molecule has 0 saturated carbocycles. The molecule has 6 nitrogen and oxygen atoms in total. The van der Waals surface area contributed by atoms with Gasteiger partial charge in [0.15, 0.2) is 0 Å². The summed E-state index contributed by atoms with van der Waals surface area (Å²) in [5.74, 6) is 1.94. The largest absolute Gasteiger partial charge is 0.497 e. The zero-order chi connectivity index (χ0) is 21.3. The second-order valence-electron chi connectivity index (χ2n) is 6.51. The zero-order valence-electron chi connectivity index (χ0n) is 17.0. The average Bonchev–Trinajstić information content (AvgIpc) is 2.71. The Balaban J connectivity index is 1.98. The smallest absolute Gasteiger partial charge is 0.243 e. The van der Waals surface area contributed by atoms with Crippen molar-refractivity contribution in [3.05, 3.63) is 60.2 Å². The topological polar surface area (TPSA) is 75.7 Å². The standard InChI is InChI=1S/C21H28N2O4S2/c1-4-20(21(24)22-14-15-28-16-17-8-6-5-7-9-17)23(29(3,25)26)18-10-12-19(27-2)13-11-18/h5-13,20H,4,14-16H2,1-3H3,(H,22,24). The van der Waals surface area contributed by atoms with Crippen molar-refractivity contribution in [2.45, 2.75) is 25.1 Å². The molecule has 1 unspecified atom stereocenters. The van der Waals surface area contributed by atoms with Gasteiger partial charge in [-0.2, -0.15) is 11.8 Å². The van der Waals surface area contributed by atoms with Crippen molar-refractivity contribution >= 4 is 33.4 Å². The van der Waals surface area contributed by atoms with Crippen molar-refractivity contribution in [2.24, 2.45) is 0 Å². The molecule has 0 saturated heterocycles. The molecule has 0 bridgehead atoms. The fourth-order valence-corrected chi connectivity index (χ4v) is 4.95. The van der Waals surface area contributed by atoms with Crippen LogP contribution in [0.4, 0.5) is 5.69 Å². The van der Waals surface area contributed by atoms with Gasteiger partial charge < -0.3 is 10.1 Å². The summed E-state index contributed by atoms with van der Waals surface area (Å²) in [6.45, 7) is 2.28. The number of carbonyl (C=O) groups is 1. The molecule has 1 atom stereocenters. The van der Waals surface area contributed by atoms with Crippen molar-refractivity contribution in [3.63, 3.8) is 0 Å². The highest BCUT2D eigenvalue weighted by atomic mass is 32.2. The lowest BCUT2D eigenvalue weighted by Crippen LogP contribution is -2.49. The van der Waals surface area contributed by atoms with E-state index < -0.39 is 16.1 Å². The van der Waals surface area contributed by atoms with E-state index >= 15 is 0 Å². The Morgan fingerprint density at radius 2 is 1.79 bits per heavy atom. The molecule has 0 aliphatic rings. The normalized spacial score (nSPS) is 12.2. The van der Waals surface area contributed by atoms with Crippen molar-refractivity contribution in [2.75, 3.05) is 30.0 Å². The Bertz CT molecular complexity index is 871. The zero-order valence-corrected chi connectivity index (χ0v) is 18.6. The van der Waals surface area contributed by atoms with Crippen molar-refractivity contribution in [1.82, 2.24) is 5.32 Å². The Kier molecular flexibility index (Phi) is 8.85. The summed E-state index contributed by atoms with van der Waals surface area (Å²) in [5, 5.41) is 2.87. The van der Waals surface area contributed by atoms with E-state index in [1.807, 2.05) is 18.2 Å². The van der Waals surface area contributed by atoms with E-state index in [2.05, 4.69) is 17.4 Å². The van der Waals surface area contributed by atoms with E-state index in [9.17, 15) is 13.2 Å². The van der Waals surface area contributed by atoms with Crippen LogP contribution in [-0.2, 0) is 20.6 Å². The molecule has 0 radical (unpaired) electrons. The van der Waals surface area contributed by atoms with Crippen LogP contribution in [0.5, 0.6) is 5.75 Å². The van der Waals surface area contributed by atoms with Crippen LogP contribution in [0.3, 0.4) is 0 Å². The third-order valence-electron chi connectivity index (χ3n) is 4.31. The molecule has 0 fully saturated rings.